The topological polar surface area (TPSA) is 22.1 Å². The number of nitrogens with zero attached hydrogens (tertiary/aromatic N) is 1. The van der Waals surface area contributed by atoms with Crippen LogP contribution in [0, 0.1) is 5.82 Å². The SMILES string of the molecule is CCCc1cc(CCl)cc(Oc2ccc(F)cc2Cl)n1. The van der Waals surface area contributed by atoms with Crippen molar-refractivity contribution in [1.29, 1.82) is 0 Å². The Morgan fingerprint density at radius 2 is 2.05 bits per heavy atom. The third kappa shape index (κ3) is 3.84. The minimum Gasteiger partial charge on any atom is -0.437 e. The van der Waals surface area contributed by atoms with Crippen LogP contribution in [0.15, 0.2) is 30.3 Å². The zero-order valence-corrected chi connectivity index (χ0v) is 12.5. The number of benzene rings is 1. The number of hydrogen-bond donors (Lipinski definition) is 0. The minimum absolute atomic E-state index is 0.208. The second kappa shape index (κ2) is 6.91. The summed E-state index contributed by atoms with van der Waals surface area (Å²) < 4.78 is 18.6. The first-order valence-electron chi connectivity index (χ1n) is 6.31. The van der Waals surface area contributed by atoms with Crippen LogP contribution in [-0.2, 0) is 12.3 Å². The summed E-state index contributed by atoms with van der Waals surface area (Å²) >= 11 is 11.8. The van der Waals surface area contributed by atoms with Crippen LogP contribution in [0.2, 0.25) is 5.02 Å². The Balaban J connectivity index is 2.29. The second-order valence-electron chi connectivity index (χ2n) is 4.37. The number of alkyl halides is 1. The van der Waals surface area contributed by atoms with Gasteiger partial charge in [0, 0.05) is 17.6 Å². The molecule has 0 saturated heterocycles. The fourth-order valence-corrected chi connectivity index (χ4v) is 2.16. The Hall–Kier alpha value is -1.32. The molecule has 2 rings (SSSR count). The highest BCUT2D eigenvalue weighted by Gasteiger charge is 2.08. The van der Waals surface area contributed by atoms with Gasteiger partial charge in [-0.05, 0) is 36.2 Å². The summed E-state index contributed by atoms with van der Waals surface area (Å²) in [5.41, 5.74) is 1.84. The van der Waals surface area contributed by atoms with Gasteiger partial charge in [0.2, 0.25) is 5.88 Å². The molecule has 0 unspecified atom stereocenters. The van der Waals surface area contributed by atoms with Crippen molar-refractivity contribution in [3.63, 3.8) is 0 Å². The molecule has 0 aliphatic heterocycles. The Morgan fingerprint density at radius 1 is 1.25 bits per heavy atom. The van der Waals surface area contributed by atoms with Crippen molar-refractivity contribution in [2.45, 2.75) is 25.6 Å². The number of pyridine rings is 1. The third-order valence-electron chi connectivity index (χ3n) is 2.68. The van der Waals surface area contributed by atoms with E-state index in [4.69, 9.17) is 27.9 Å². The number of halogens is 3. The molecule has 0 amide bonds. The van der Waals surface area contributed by atoms with Gasteiger partial charge in [-0.3, -0.25) is 0 Å². The monoisotopic (exact) mass is 313 g/mol. The van der Waals surface area contributed by atoms with E-state index in [9.17, 15) is 4.39 Å². The fraction of sp³-hybridized carbons (Fsp3) is 0.267. The lowest BCUT2D eigenvalue weighted by Crippen LogP contribution is -1.96. The molecule has 0 N–H and O–H groups in total. The van der Waals surface area contributed by atoms with E-state index >= 15 is 0 Å². The van der Waals surface area contributed by atoms with Crippen molar-refractivity contribution < 1.29 is 9.13 Å². The van der Waals surface area contributed by atoms with Gasteiger partial charge in [-0.25, -0.2) is 9.37 Å². The molecule has 0 fully saturated rings. The molecule has 0 atom stereocenters. The zero-order valence-electron chi connectivity index (χ0n) is 11.0. The van der Waals surface area contributed by atoms with Crippen molar-refractivity contribution in [3.05, 3.63) is 52.4 Å². The van der Waals surface area contributed by atoms with Gasteiger partial charge in [0.1, 0.15) is 11.6 Å². The van der Waals surface area contributed by atoms with Gasteiger partial charge >= 0.3 is 0 Å². The number of hydrogen-bond acceptors (Lipinski definition) is 2. The summed E-state index contributed by atoms with van der Waals surface area (Å²) in [4.78, 5) is 4.40. The van der Waals surface area contributed by atoms with E-state index in [2.05, 4.69) is 11.9 Å². The molecular formula is C15H14Cl2FNO. The van der Waals surface area contributed by atoms with Crippen LogP contribution in [-0.4, -0.2) is 4.98 Å². The van der Waals surface area contributed by atoms with Crippen molar-refractivity contribution in [2.24, 2.45) is 0 Å². The van der Waals surface area contributed by atoms with Crippen molar-refractivity contribution in [2.75, 3.05) is 0 Å². The van der Waals surface area contributed by atoms with Crippen LogP contribution in [0.4, 0.5) is 4.39 Å². The Labute approximate surface area is 127 Å². The highest BCUT2D eigenvalue weighted by atomic mass is 35.5. The van der Waals surface area contributed by atoms with Gasteiger partial charge in [-0.1, -0.05) is 24.9 Å². The van der Waals surface area contributed by atoms with Gasteiger partial charge in [-0.2, -0.15) is 0 Å². The molecule has 0 saturated carbocycles. The summed E-state index contributed by atoms with van der Waals surface area (Å²) in [5.74, 6) is 0.763. The largest absolute Gasteiger partial charge is 0.437 e. The number of aromatic nitrogens is 1. The lowest BCUT2D eigenvalue weighted by Gasteiger charge is -2.10. The maximum absolute atomic E-state index is 13.0. The first kappa shape index (κ1) is 15.1. The number of rotatable bonds is 5. The minimum atomic E-state index is -0.406. The van der Waals surface area contributed by atoms with E-state index in [1.807, 2.05) is 6.07 Å². The maximum atomic E-state index is 13.0. The Kier molecular flexibility index (Phi) is 5.21. The van der Waals surface area contributed by atoms with Crippen LogP contribution in [0.5, 0.6) is 11.6 Å². The van der Waals surface area contributed by atoms with Gasteiger partial charge in [0.05, 0.1) is 5.02 Å². The van der Waals surface area contributed by atoms with Gasteiger partial charge in [-0.15, -0.1) is 11.6 Å². The highest BCUT2D eigenvalue weighted by Crippen LogP contribution is 2.29. The van der Waals surface area contributed by atoms with Gasteiger partial charge < -0.3 is 4.74 Å². The molecule has 20 heavy (non-hydrogen) atoms. The predicted molar refractivity (Wildman–Crippen MR) is 79.3 cm³/mol. The summed E-state index contributed by atoms with van der Waals surface area (Å²) in [6, 6.07) is 7.68. The standard InChI is InChI=1S/C15H14Cl2FNO/c1-2-3-12-6-10(9-16)7-15(19-12)20-14-5-4-11(18)8-13(14)17/h4-8H,2-3,9H2,1H3. The lowest BCUT2D eigenvalue weighted by atomic mass is 10.2. The van der Waals surface area contributed by atoms with Crippen LogP contribution >= 0.6 is 23.2 Å². The average molecular weight is 314 g/mol. The van der Waals surface area contributed by atoms with Gasteiger partial charge in [0.15, 0.2) is 0 Å². The summed E-state index contributed by atoms with van der Waals surface area (Å²) in [5, 5.41) is 0.208. The van der Waals surface area contributed by atoms with Gasteiger partial charge in [0.25, 0.3) is 0 Å². The van der Waals surface area contributed by atoms with Crippen molar-refractivity contribution in [3.8, 4) is 11.6 Å². The smallest absolute Gasteiger partial charge is 0.219 e. The van der Waals surface area contributed by atoms with Crippen LogP contribution in [0.3, 0.4) is 0 Å². The average Bonchev–Trinajstić information content (AvgIpc) is 2.42. The number of aryl methyl sites for hydroxylation is 1. The van der Waals surface area contributed by atoms with Crippen LogP contribution < -0.4 is 4.74 Å². The molecule has 0 aliphatic carbocycles. The lowest BCUT2D eigenvalue weighted by molar-refractivity contribution is 0.458. The molecule has 0 spiro atoms. The zero-order chi connectivity index (χ0) is 14.5. The molecule has 106 valence electrons. The molecule has 2 nitrogen and oxygen atoms in total. The van der Waals surface area contributed by atoms with Crippen LogP contribution in [0.1, 0.15) is 24.6 Å². The molecule has 5 heteroatoms. The molecule has 0 radical (unpaired) electrons. The Bertz CT molecular complexity index is 604. The summed E-state index contributed by atoms with van der Waals surface area (Å²) in [6.07, 6.45) is 1.83. The quantitative estimate of drug-likeness (QED) is 0.693. The normalized spacial score (nSPS) is 10.6. The van der Waals surface area contributed by atoms with E-state index in [1.165, 1.54) is 18.2 Å². The molecule has 2 aromatic rings. The van der Waals surface area contributed by atoms with Crippen molar-refractivity contribution >= 4 is 23.2 Å². The van der Waals surface area contributed by atoms with E-state index in [0.717, 1.165) is 24.1 Å². The summed E-state index contributed by atoms with van der Waals surface area (Å²) in [6.45, 7) is 2.08. The molecular weight excluding hydrogens is 300 g/mol. The fourth-order valence-electron chi connectivity index (χ4n) is 1.80. The number of ether oxygens (including phenoxy) is 1. The summed E-state index contributed by atoms with van der Waals surface area (Å²) in [7, 11) is 0. The van der Waals surface area contributed by atoms with E-state index < -0.39 is 5.82 Å². The molecule has 1 aromatic carbocycles. The molecule has 1 aromatic heterocycles. The van der Waals surface area contributed by atoms with E-state index in [1.54, 1.807) is 6.07 Å². The third-order valence-corrected chi connectivity index (χ3v) is 3.29. The van der Waals surface area contributed by atoms with E-state index in [-0.39, 0.29) is 5.02 Å². The first-order chi connectivity index (χ1) is 9.62. The highest BCUT2D eigenvalue weighted by molar-refractivity contribution is 6.32. The first-order valence-corrected chi connectivity index (χ1v) is 7.22. The van der Waals surface area contributed by atoms with Crippen molar-refractivity contribution in [1.82, 2.24) is 4.98 Å². The molecule has 0 bridgehead atoms. The second-order valence-corrected chi connectivity index (χ2v) is 5.04. The molecule has 0 aliphatic rings. The predicted octanol–water partition coefficient (Wildman–Crippen LogP) is 5.36. The van der Waals surface area contributed by atoms with E-state index in [0.29, 0.717) is 17.5 Å². The molecule has 1 heterocycles. The maximum Gasteiger partial charge on any atom is 0.219 e. The van der Waals surface area contributed by atoms with Crippen LogP contribution in [0.25, 0.3) is 0 Å². The Morgan fingerprint density at radius 3 is 2.70 bits per heavy atom.